The van der Waals surface area contributed by atoms with Gasteiger partial charge in [-0.05, 0) is 42.3 Å². The van der Waals surface area contributed by atoms with Crippen molar-refractivity contribution in [3.05, 3.63) is 59.2 Å². The van der Waals surface area contributed by atoms with E-state index in [-0.39, 0.29) is 12.5 Å². The largest absolute Gasteiger partial charge is 0.481 e. The van der Waals surface area contributed by atoms with Crippen LogP contribution in [-0.2, 0) is 26.3 Å². The summed E-state index contributed by atoms with van der Waals surface area (Å²) in [5.74, 6) is -2.99. The van der Waals surface area contributed by atoms with Gasteiger partial charge in [0, 0.05) is 17.8 Å². The van der Waals surface area contributed by atoms with Crippen molar-refractivity contribution in [2.45, 2.75) is 32.2 Å². The molecule has 2 atom stereocenters. The number of aliphatic hydroxyl groups is 1. The zero-order valence-electron chi connectivity index (χ0n) is 18.0. The van der Waals surface area contributed by atoms with Gasteiger partial charge < -0.3 is 31.1 Å². The number of ether oxygens (including phenoxy) is 1. The summed E-state index contributed by atoms with van der Waals surface area (Å²) in [7, 11) is -4.30. The number of carboxylic acids is 2. The maximum atomic E-state index is 12.1. The predicted octanol–water partition coefficient (Wildman–Crippen LogP) is 0.222. The Hall–Kier alpha value is -3.72. The zero-order valence-corrected chi connectivity index (χ0v) is 18.8. The molecule has 0 aliphatic rings. The Morgan fingerprint density at radius 2 is 1.79 bits per heavy atom. The fourth-order valence-electron chi connectivity index (χ4n) is 2.78. The van der Waals surface area contributed by atoms with E-state index in [4.69, 9.17) is 26.1 Å². The van der Waals surface area contributed by atoms with Crippen molar-refractivity contribution in [3.8, 4) is 5.75 Å². The molecule has 0 aliphatic heterocycles. The average molecular weight is 496 g/mol. The van der Waals surface area contributed by atoms with Crippen LogP contribution in [-0.4, -0.2) is 47.7 Å². The van der Waals surface area contributed by atoms with Crippen LogP contribution in [0.1, 0.15) is 29.4 Å². The second kappa shape index (κ2) is 11.4. The van der Waals surface area contributed by atoms with Crippen LogP contribution in [0, 0.1) is 12.3 Å². The molecular formula is C20H25N5O8S. The molecule has 0 spiro atoms. The van der Waals surface area contributed by atoms with Crippen molar-refractivity contribution in [1.82, 2.24) is 9.44 Å². The molecule has 0 saturated heterocycles. The van der Waals surface area contributed by atoms with Gasteiger partial charge in [0.2, 0.25) is 6.29 Å². The molecule has 2 aromatic carbocycles. The number of guanidine groups is 1. The van der Waals surface area contributed by atoms with Crippen molar-refractivity contribution in [3.63, 3.8) is 0 Å². The van der Waals surface area contributed by atoms with Gasteiger partial charge >= 0.3 is 11.9 Å². The molecule has 14 heteroatoms. The summed E-state index contributed by atoms with van der Waals surface area (Å²) in [5, 5.41) is 37.8. The maximum absolute atomic E-state index is 12.1. The first kappa shape index (κ1) is 26.5. The Kier molecular flexibility index (Phi) is 8.91. The van der Waals surface area contributed by atoms with Crippen LogP contribution in [0.2, 0.25) is 0 Å². The summed E-state index contributed by atoms with van der Waals surface area (Å²) >= 11 is 0. The van der Waals surface area contributed by atoms with Crippen LogP contribution >= 0.6 is 0 Å². The Balaban J connectivity index is 1.99. The fourth-order valence-corrected chi connectivity index (χ4v) is 3.77. The number of aliphatic carboxylic acids is 2. The number of carbonyl (C=O) groups is 2. The molecule has 0 aromatic heterocycles. The fraction of sp³-hybridized carbons (Fsp3) is 0.250. The molecular weight excluding hydrogens is 470 g/mol. The highest BCUT2D eigenvalue weighted by atomic mass is 32.2. The van der Waals surface area contributed by atoms with Gasteiger partial charge in [-0.3, -0.25) is 15.0 Å². The van der Waals surface area contributed by atoms with E-state index < -0.39 is 40.9 Å². The smallest absolute Gasteiger partial charge is 0.322 e. The second-order valence-electron chi connectivity index (χ2n) is 7.15. The average Bonchev–Trinajstić information content (AvgIpc) is 2.72. The number of aryl methyl sites for hydroxylation is 1. The minimum absolute atomic E-state index is 0.200. The standard InChI is InChI=1S/C20H25N5O8S/c1-11-8-15(33-19(30)12-2-5-14(6-3-12)24-20(21)22)7-4-13(11)10-23-34(31,32)25-16(18(28)29)9-17(26)27/h2-8,16,19,23,25,30H,9-10H2,1H3,(H,26,27)(H,28,29)(H4,21,22,24)/t16-,19?/m0/s1. The van der Waals surface area contributed by atoms with Gasteiger partial charge in [-0.25, -0.2) is 0 Å². The summed E-state index contributed by atoms with van der Waals surface area (Å²) in [4.78, 5) is 21.8. The lowest BCUT2D eigenvalue weighted by molar-refractivity contribution is -0.145. The predicted molar refractivity (Wildman–Crippen MR) is 121 cm³/mol. The summed E-state index contributed by atoms with van der Waals surface area (Å²) in [6.07, 6.45) is -2.21. The van der Waals surface area contributed by atoms with Gasteiger partial charge in [0.15, 0.2) is 5.96 Å². The SMILES string of the molecule is Cc1cc(OC(O)c2ccc(NC(=N)N)cc2)ccc1CNS(=O)(=O)N[C@@H](CC(=O)O)C(=O)O. The first-order chi connectivity index (χ1) is 15.9. The van der Waals surface area contributed by atoms with Crippen LogP contribution in [0.3, 0.4) is 0 Å². The van der Waals surface area contributed by atoms with Crippen molar-refractivity contribution >= 4 is 33.8 Å². The van der Waals surface area contributed by atoms with Crippen molar-refractivity contribution in [1.29, 1.82) is 5.41 Å². The Morgan fingerprint density at radius 3 is 2.32 bits per heavy atom. The molecule has 0 amide bonds. The molecule has 2 rings (SSSR count). The Morgan fingerprint density at radius 1 is 1.15 bits per heavy atom. The minimum atomic E-state index is -4.30. The second-order valence-corrected chi connectivity index (χ2v) is 8.68. The molecule has 184 valence electrons. The number of aliphatic hydroxyl groups excluding tert-OH is 1. The molecule has 0 aliphatic carbocycles. The number of hydrogen-bond donors (Lipinski definition) is 8. The number of carboxylic acid groups (broad SMARTS) is 2. The zero-order chi connectivity index (χ0) is 25.5. The van der Waals surface area contributed by atoms with Crippen molar-refractivity contribution < 1.29 is 38.1 Å². The lowest BCUT2D eigenvalue weighted by atomic mass is 10.1. The molecule has 0 saturated carbocycles. The first-order valence-corrected chi connectivity index (χ1v) is 11.2. The van der Waals surface area contributed by atoms with E-state index in [0.717, 1.165) is 0 Å². The highest BCUT2D eigenvalue weighted by Gasteiger charge is 2.26. The van der Waals surface area contributed by atoms with Crippen LogP contribution in [0.25, 0.3) is 0 Å². The Labute approximate surface area is 195 Å². The van der Waals surface area contributed by atoms with Gasteiger partial charge in [-0.1, -0.05) is 18.2 Å². The first-order valence-electron chi connectivity index (χ1n) is 9.73. The number of rotatable bonds is 12. The summed E-state index contributed by atoms with van der Waals surface area (Å²) in [5.41, 5.74) is 7.43. The molecule has 34 heavy (non-hydrogen) atoms. The number of nitrogens with one attached hydrogen (secondary N) is 4. The lowest BCUT2D eigenvalue weighted by Crippen LogP contribution is -2.47. The number of hydrogen-bond acceptors (Lipinski definition) is 7. The monoisotopic (exact) mass is 495 g/mol. The topological polar surface area (TPSA) is 224 Å². The summed E-state index contributed by atoms with van der Waals surface area (Å²) in [6.45, 7) is 1.48. The maximum Gasteiger partial charge on any atom is 0.322 e. The van der Waals surface area contributed by atoms with Gasteiger partial charge in [0.1, 0.15) is 11.8 Å². The van der Waals surface area contributed by atoms with Crippen LogP contribution < -0.4 is 25.2 Å². The molecule has 0 radical (unpaired) electrons. The molecule has 13 nitrogen and oxygen atoms in total. The highest BCUT2D eigenvalue weighted by Crippen LogP contribution is 2.24. The quantitative estimate of drug-likeness (QED) is 0.114. The summed E-state index contributed by atoms with van der Waals surface area (Å²) < 4.78 is 33.7. The summed E-state index contributed by atoms with van der Waals surface area (Å²) in [6, 6.07) is 9.25. The van der Waals surface area contributed by atoms with Crippen LogP contribution in [0.5, 0.6) is 5.75 Å². The Bertz CT molecular complexity index is 1150. The van der Waals surface area contributed by atoms with E-state index in [0.29, 0.717) is 28.1 Å². The van der Waals surface area contributed by atoms with Gasteiger partial charge in [0.05, 0.1) is 6.42 Å². The molecule has 2 aromatic rings. The van der Waals surface area contributed by atoms with E-state index in [1.165, 1.54) is 6.07 Å². The normalized spacial score (nSPS) is 13.0. The van der Waals surface area contributed by atoms with Gasteiger partial charge in [-0.15, -0.1) is 0 Å². The van der Waals surface area contributed by atoms with Crippen molar-refractivity contribution in [2.75, 3.05) is 5.32 Å². The van der Waals surface area contributed by atoms with Crippen LogP contribution in [0.15, 0.2) is 42.5 Å². The third-order valence-corrected chi connectivity index (χ3v) is 5.58. The van der Waals surface area contributed by atoms with E-state index in [2.05, 4.69) is 10.0 Å². The van der Waals surface area contributed by atoms with E-state index >= 15 is 0 Å². The number of benzene rings is 2. The van der Waals surface area contributed by atoms with Gasteiger partial charge in [0.25, 0.3) is 10.2 Å². The number of anilines is 1. The third-order valence-electron chi connectivity index (χ3n) is 4.46. The molecule has 0 fully saturated rings. The third kappa shape index (κ3) is 8.32. The molecule has 0 heterocycles. The molecule has 1 unspecified atom stereocenters. The van der Waals surface area contributed by atoms with E-state index in [1.807, 2.05) is 0 Å². The van der Waals surface area contributed by atoms with Crippen molar-refractivity contribution in [2.24, 2.45) is 5.73 Å². The minimum Gasteiger partial charge on any atom is -0.481 e. The lowest BCUT2D eigenvalue weighted by Gasteiger charge is -2.17. The van der Waals surface area contributed by atoms with Crippen LogP contribution in [0.4, 0.5) is 5.69 Å². The van der Waals surface area contributed by atoms with E-state index in [1.54, 1.807) is 48.0 Å². The highest BCUT2D eigenvalue weighted by molar-refractivity contribution is 7.87. The van der Waals surface area contributed by atoms with Gasteiger partial charge in [-0.2, -0.15) is 17.9 Å². The molecule has 0 bridgehead atoms. The van der Waals surface area contributed by atoms with E-state index in [9.17, 15) is 23.1 Å². The molecule has 9 N–H and O–H groups in total. The number of nitrogens with two attached hydrogens (primary N) is 1.